The summed E-state index contributed by atoms with van der Waals surface area (Å²) in [5, 5.41) is 19.3. The number of allylic oxidation sites excluding steroid dienone is 2. The Kier molecular flexibility index (Phi) is 21.4. The molecular weight excluding hydrogens is 491 g/mol. The van der Waals surface area contributed by atoms with Crippen LogP contribution in [-0.4, -0.2) is 88.9 Å². The smallest absolute Gasteiger partial charge is 0.748 e. The van der Waals surface area contributed by atoms with Crippen molar-refractivity contribution < 1.29 is 62.1 Å². The van der Waals surface area contributed by atoms with E-state index in [9.17, 15) is 28.0 Å². The van der Waals surface area contributed by atoms with Crippen LogP contribution in [0.2, 0.25) is 0 Å². The monoisotopic (exact) mass is 539 g/mol. The van der Waals surface area contributed by atoms with Gasteiger partial charge in [0.05, 0.1) is 22.5 Å². The Morgan fingerprint density at radius 3 is 2.14 bits per heavy atom. The zero-order chi connectivity index (χ0) is 25.9. The molecule has 0 saturated heterocycles. The number of hydrogen-bond acceptors (Lipinski definition) is 7. The summed E-state index contributed by atoms with van der Waals surface area (Å²) in [4.78, 5) is 14.6. The molecule has 0 radical (unpaired) electrons. The molecule has 0 amide bonds. The quantitative estimate of drug-likeness (QED) is 0.0664. The molecular formula is C26H48N2NaO6S+. The summed E-state index contributed by atoms with van der Waals surface area (Å²) in [5.74, 6) is -0.522. The molecule has 10 heteroatoms. The van der Waals surface area contributed by atoms with Gasteiger partial charge in [0.15, 0.2) is 0 Å². The molecule has 0 aromatic heterocycles. The van der Waals surface area contributed by atoms with Gasteiger partial charge in [-0.3, -0.25) is 14.3 Å². The van der Waals surface area contributed by atoms with E-state index in [4.69, 9.17) is 0 Å². The molecule has 1 rings (SSSR count). The number of β-amino-alcohol motifs (C(OH)–C–C–N with tert-alkyl or cyclic N) is 2. The van der Waals surface area contributed by atoms with Crippen LogP contribution in [0.4, 0.5) is 0 Å². The number of nitrogens with zero attached hydrogens (tertiary/aromatic N) is 2. The number of aliphatic hydroxyl groups excluding tert-OH is 2. The summed E-state index contributed by atoms with van der Waals surface area (Å²) in [6.07, 6.45) is 19.0. The van der Waals surface area contributed by atoms with Crippen LogP contribution < -0.4 is 29.6 Å². The molecule has 0 saturated carbocycles. The van der Waals surface area contributed by atoms with Crippen LogP contribution in [0.15, 0.2) is 12.2 Å². The maximum absolute atomic E-state index is 12.9. The van der Waals surface area contributed by atoms with E-state index < -0.39 is 22.0 Å². The maximum Gasteiger partial charge on any atom is 1.00 e. The molecule has 0 spiro atoms. The fourth-order valence-electron chi connectivity index (χ4n) is 4.53. The summed E-state index contributed by atoms with van der Waals surface area (Å²) >= 11 is 0. The predicted octanol–water partition coefficient (Wildman–Crippen LogP) is 0.222. The van der Waals surface area contributed by atoms with Crippen molar-refractivity contribution in [1.29, 1.82) is 0 Å². The minimum atomic E-state index is -4.54. The van der Waals surface area contributed by atoms with E-state index in [0.29, 0.717) is 31.9 Å². The number of ketones is 1. The van der Waals surface area contributed by atoms with Crippen molar-refractivity contribution in [2.75, 3.05) is 38.5 Å². The molecule has 204 valence electrons. The molecule has 2 N–H and O–H groups in total. The minimum absolute atomic E-state index is 0. The number of hydrogen-bond donors (Lipinski definition) is 2. The fourth-order valence-corrected chi connectivity index (χ4v) is 5.11. The Hall–Kier alpha value is -0.290. The SMILES string of the molecule is CCCCCCC/C=C/CCCCCCCCC(=O)C1=[N+](CC(O)CS(=O)(=O)[O-])CCN1CCO.[Na+]. The number of aliphatic hydroxyl groups is 2. The van der Waals surface area contributed by atoms with Gasteiger partial charge in [-0.05, 0) is 32.1 Å². The minimum Gasteiger partial charge on any atom is -0.748 e. The van der Waals surface area contributed by atoms with Gasteiger partial charge in [-0.15, -0.1) is 0 Å². The number of carbonyl (C=O) groups excluding carboxylic acids is 1. The molecule has 1 aliphatic rings. The van der Waals surface area contributed by atoms with E-state index in [1.165, 1.54) is 51.4 Å². The second kappa shape index (κ2) is 21.6. The van der Waals surface area contributed by atoms with Gasteiger partial charge in [-0.25, -0.2) is 8.42 Å². The van der Waals surface area contributed by atoms with Crippen molar-refractivity contribution in [3.05, 3.63) is 12.2 Å². The van der Waals surface area contributed by atoms with Gasteiger partial charge in [0.2, 0.25) is 5.78 Å². The van der Waals surface area contributed by atoms with Crippen molar-refractivity contribution in [3.63, 3.8) is 0 Å². The Bertz CT molecular complexity index is 758. The molecule has 1 aliphatic heterocycles. The number of rotatable bonds is 22. The normalized spacial score (nSPS) is 15.1. The van der Waals surface area contributed by atoms with Crippen LogP contribution >= 0.6 is 0 Å². The maximum atomic E-state index is 12.9. The van der Waals surface area contributed by atoms with Crippen LogP contribution in [0.25, 0.3) is 0 Å². The molecule has 8 nitrogen and oxygen atoms in total. The first kappa shape index (κ1) is 35.7. The summed E-state index contributed by atoms with van der Waals surface area (Å²) in [6.45, 7) is 3.33. The van der Waals surface area contributed by atoms with E-state index >= 15 is 0 Å². The first-order valence-electron chi connectivity index (χ1n) is 13.6. The molecule has 0 aromatic rings. The van der Waals surface area contributed by atoms with Crippen LogP contribution in [0.5, 0.6) is 0 Å². The summed E-state index contributed by atoms with van der Waals surface area (Å²) < 4.78 is 34.4. The average Bonchev–Trinajstić information content (AvgIpc) is 3.17. The third-order valence-corrected chi connectivity index (χ3v) is 7.14. The van der Waals surface area contributed by atoms with Gasteiger partial charge in [0, 0.05) is 6.42 Å². The largest absolute Gasteiger partial charge is 1.00 e. The van der Waals surface area contributed by atoms with E-state index in [0.717, 1.165) is 32.1 Å². The molecule has 36 heavy (non-hydrogen) atoms. The van der Waals surface area contributed by atoms with E-state index in [1.807, 2.05) is 0 Å². The van der Waals surface area contributed by atoms with Crippen molar-refractivity contribution >= 4 is 21.7 Å². The Labute approximate surface area is 241 Å². The van der Waals surface area contributed by atoms with Crippen LogP contribution in [0.3, 0.4) is 0 Å². The standard InChI is InChI=1S/C26H48N2O6S.Na/c1-2-3-4-5-6-7-8-9-10-11-12-13-14-15-16-17-25(31)26-27(20-21-29)18-19-28(26)22-24(30)23-35(32,33)34;/h8-9,24,29-30H,2-7,10-23H2,1H3;/q;+1/b9-8+;. The summed E-state index contributed by atoms with van der Waals surface area (Å²) in [5.41, 5.74) is 0. The van der Waals surface area contributed by atoms with Crippen molar-refractivity contribution in [1.82, 2.24) is 4.90 Å². The van der Waals surface area contributed by atoms with Gasteiger partial charge < -0.3 is 14.8 Å². The van der Waals surface area contributed by atoms with E-state index in [1.54, 1.807) is 9.48 Å². The Morgan fingerprint density at radius 1 is 1.03 bits per heavy atom. The third-order valence-electron chi connectivity index (χ3n) is 6.35. The van der Waals surface area contributed by atoms with Crippen LogP contribution in [-0.2, 0) is 14.9 Å². The predicted molar refractivity (Wildman–Crippen MR) is 139 cm³/mol. The first-order valence-corrected chi connectivity index (χ1v) is 15.1. The molecule has 1 heterocycles. The van der Waals surface area contributed by atoms with Crippen molar-refractivity contribution in [3.8, 4) is 0 Å². The van der Waals surface area contributed by atoms with Gasteiger partial charge in [-0.2, -0.15) is 0 Å². The Morgan fingerprint density at radius 2 is 1.58 bits per heavy atom. The fraction of sp³-hybridized carbons (Fsp3) is 0.846. The van der Waals surface area contributed by atoms with Crippen LogP contribution in [0.1, 0.15) is 96.8 Å². The molecule has 0 aliphatic carbocycles. The first-order chi connectivity index (χ1) is 16.8. The number of carbonyl (C=O) groups is 1. The molecule has 1 unspecified atom stereocenters. The summed E-state index contributed by atoms with van der Waals surface area (Å²) in [6, 6.07) is 0. The molecule has 1 atom stereocenters. The number of amidine groups is 1. The second-order valence-electron chi connectivity index (χ2n) is 9.62. The van der Waals surface area contributed by atoms with Gasteiger partial charge in [-0.1, -0.05) is 70.4 Å². The Balaban J connectivity index is 0.0000122. The third kappa shape index (κ3) is 17.3. The zero-order valence-electron chi connectivity index (χ0n) is 22.7. The van der Waals surface area contributed by atoms with Crippen molar-refractivity contribution in [2.24, 2.45) is 0 Å². The van der Waals surface area contributed by atoms with E-state index in [-0.39, 0.29) is 48.5 Å². The molecule has 0 fully saturated rings. The second-order valence-corrected chi connectivity index (χ2v) is 11.1. The van der Waals surface area contributed by atoms with Gasteiger partial charge in [0.25, 0.3) is 0 Å². The number of unbranched alkanes of at least 4 members (excludes halogenated alkanes) is 11. The van der Waals surface area contributed by atoms with Gasteiger partial charge >= 0.3 is 35.4 Å². The average molecular weight is 540 g/mol. The van der Waals surface area contributed by atoms with E-state index in [2.05, 4.69) is 19.1 Å². The van der Waals surface area contributed by atoms with Crippen LogP contribution in [0, 0.1) is 0 Å². The number of Topliss-reactive ketones (excluding diaryl/α,β-unsaturated/α-hetero) is 1. The zero-order valence-corrected chi connectivity index (χ0v) is 25.5. The van der Waals surface area contributed by atoms with Gasteiger partial charge in [0.1, 0.15) is 32.3 Å². The molecule has 0 bridgehead atoms. The van der Waals surface area contributed by atoms with Crippen molar-refractivity contribution in [2.45, 2.75) is 103 Å². The molecule has 0 aromatic carbocycles. The summed E-state index contributed by atoms with van der Waals surface area (Å²) in [7, 11) is -4.54. The topological polar surface area (TPSA) is 121 Å².